The summed E-state index contributed by atoms with van der Waals surface area (Å²) in [5, 5.41) is 16.9. The summed E-state index contributed by atoms with van der Waals surface area (Å²) in [6.07, 6.45) is 6.55. The van der Waals surface area contributed by atoms with Crippen molar-refractivity contribution in [3.8, 4) is 17.4 Å². The van der Waals surface area contributed by atoms with Gasteiger partial charge in [0.2, 0.25) is 5.69 Å². The molecule has 2 N–H and O–H groups in total. The van der Waals surface area contributed by atoms with E-state index in [0.717, 1.165) is 36.8 Å². The van der Waals surface area contributed by atoms with Crippen molar-refractivity contribution in [1.29, 1.82) is 0 Å². The van der Waals surface area contributed by atoms with E-state index in [1.54, 1.807) is 31.4 Å². The first-order valence-corrected chi connectivity index (χ1v) is 11.4. The van der Waals surface area contributed by atoms with Crippen LogP contribution in [0.3, 0.4) is 0 Å². The SMILES string of the molecule is COc1ccc(-[n+]2noc([O-])c2C(=O)c2sc3nc4c(cc3c2N)CCCCCC4)cc1. The second kappa shape index (κ2) is 8.23. The van der Waals surface area contributed by atoms with Crippen LogP contribution in [0.4, 0.5) is 5.69 Å². The summed E-state index contributed by atoms with van der Waals surface area (Å²) in [4.78, 5) is 19.2. The van der Waals surface area contributed by atoms with Gasteiger partial charge in [0, 0.05) is 23.2 Å². The van der Waals surface area contributed by atoms with Gasteiger partial charge in [0.1, 0.15) is 15.5 Å². The summed E-state index contributed by atoms with van der Waals surface area (Å²) < 4.78 is 11.2. The van der Waals surface area contributed by atoms with Crippen LogP contribution in [0.1, 0.15) is 52.3 Å². The molecule has 0 aliphatic heterocycles. The van der Waals surface area contributed by atoms with E-state index >= 15 is 0 Å². The van der Waals surface area contributed by atoms with E-state index in [4.69, 9.17) is 20.0 Å². The number of ketones is 1. The van der Waals surface area contributed by atoms with Crippen molar-refractivity contribution < 1.29 is 23.8 Å². The lowest BCUT2D eigenvalue weighted by molar-refractivity contribution is -0.672. The molecule has 0 saturated heterocycles. The van der Waals surface area contributed by atoms with E-state index in [1.807, 2.05) is 0 Å². The number of benzene rings is 1. The van der Waals surface area contributed by atoms with Crippen molar-refractivity contribution in [3.63, 3.8) is 0 Å². The van der Waals surface area contributed by atoms with Crippen LogP contribution in [0.15, 0.2) is 34.9 Å². The van der Waals surface area contributed by atoms with Gasteiger partial charge in [-0.05, 0) is 54.1 Å². The van der Waals surface area contributed by atoms with Gasteiger partial charge in [0.15, 0.2) is 5.95 Å². The molecule has 1 aromatic carbocycles. The number of nitrogens with two attached hydrogens (primary N) is 1. The summed E-state index contributed by atoms with van der Waals surface area (Å²) >= 11 is 1.21. The lowest BCUT2D eigenvalue weighted by Gasteiger charge is -2.12. The maximum atomic E-state index is 13.4. The Morgan fingerprint density at radius 1 is 1.19 bits per heavy atom. The van der Waals surface area contributed by atoms with Gasteiger partial charge < -0.3 is 20.1 Å². The number of carbonyl (C=O) groups is 1. The molecule has 5 rings (SSSR count). The van der Waals surface area contributed by atoms with Crippen LogP contribution < -0.4 is 20.3 Å². The number of nitrogen functional groups attached to an aromatic ring is 1. The average molecular weight is 451 g/mol. The predicted molar refractivity (Wildman–Crippen MR) is 117 cm³/mol. The highest BCUT2D eigenvalue weighted by Crippen LogP contribution is 2.36. The highest BCUT2D eigenvalue weighted by Gasteiger charge is 2.32. The first-order chi connectivity index (χ1) is 15.6. The standard InChI is InChI=1S/C23H22N4O4S/c1-30-15-10-8-14(9-11-15)27-19(23(29)31-26-27)20(28)21-18(24)16-12-13-6-4-2-3-5-7-17(13)25-22(16)32-21/h8-12H,2-7H2,1H3,(H2-,24,26,28,29). The quantitative estimate of drug-likeness (QED) is 0.375. The maximum absolute atomic E-state index is 13.4. The number of hydrogen-bond acceptors (Lipinski definition) is 8. The van der Waals surface area contributed by atoms with Crippen LogP contribution in [-0.4, -0.2) is 23.1 Å². The lowest BCUT2D eigenvalue weighted by atomic mass is 9.96. The molecule has 9 heteroatoms. The molecule has 3 heterocycles. The van der Waals surface area contributed by atoms with E-state index < -0.39 is 11.7 Å². The summed E-state index contributed by atoms with van der Waals surface area (Å²) in [6, 6.07) is 8.86. The number of thiophene rings is 1. The minimum absolute atomic E-state index is 0.202. The molecule has 0 saturated carbocycles. The monoisotopic (exact) mass is 450 g/mol. The van der Waals surface area contributed by atoms with Gasteiger partial charge in [0.25, 0.3) is 5.78 Å². The number of aromatic nitrogens is 3. The second-order valence-corrected chi connectivity index (χ2v) is 8.85. The van der Waals surface area contributed by atoms with Gasteiger partial charge in [0.05, 0.1) is 18.1 Å². The zero-order valence-electron chi connectivity index (χ0n) is 17.6. The van der Waals surface area contributed by atoms with Crippen molar-refractivity contribution in [1.82, 2.24) is 10.3 Å². The third-order valence-electron chi connectivity index (χ3n) is 5.85. The smallest absolute Gasteiger partial charge is 0.312 e. The molecule has 0 spiro atoms. The van der Waals surface area contributed by atoms with Crippen LogP contribution in [0.2, 0.25) is 0 Å². The minimum Gasteiger partial charge on any atom is -0.539 e. The summed E-state index contributed by atoms with van der Waals surface area (Å²) in [5.74, 6) is -0.702. The topological polar surface area (TPSA) is 118 Å². The molecule has 0 unspecified atom stereocenters. The molecule has 0 bridgehead atoms. The summed E-state index contributed by atoms with van der Waals surface area (Å²) in [5.41, 5.74) is 9.32. The van der Waals surface area contributed by atoms with Crippen LogP contribution in [-0.2, 0) is 12.8 Å². The zero-order valence-corrected chi connectivity index (χ0v) is 18.4. The Balaban J connectivity index is 1.58. The number of anilines is 1. The number of ether oxygens (including phenoxy) is 1. The predicted octanol–water partition coefficient (Wildman–Crippen LogP) is 3.12. The molecule has 0 radical (unpaired) electrons. The van der Waals surface area contributed by atoms with Crippen LogP contribution in [0.25, 0.3) is 15.9 Å². The number of pyridine rings is 1. The number of rotatable bonds is 4. The molecular weight excluding hydrogens is 428 g/mol. The Hall–Kier alpha value is -3.46. The van der Waals surface area contributed by atoms with Crippen molar-refractivity contribution >= 4 is 33.0 Å². The molecule has 32 heavy (non-hydrogen) atoms. The molecule has 3 aromatic heterocycles. The fourth-order valence-electron chi connectivity index (χ4n) is 4.13. The van der Waals surface area contributed by atoms with Crippen LogP contribution >= 0.6 is 11.3 Å². The maximum Gasteiger partial charge on any atom is 0.312 e. The fourth-order valence-corrected chi connectivity index (χ4v) is 5.16. The van der Waals surface area contributed by atoms with Gasteiger partial charge in [-0.2, -0.15) is 0 Å². The van der Waals surface area contributed by atoms with E-state index in [0.29, 0.717) is 22.0 Å². The third kappa shape index (κ3) is 3.48. The highest BCUT2D eigenvalue weighted by atomic mass is 32.1. The molecule has 0 atom stereocenters. The van der Waals surface area contributed by atoms with Crippen molar-refractivity contribution in [2.24, 2.45) is 0 Å². The Kier molecular flexibility index (Phi) is 5.26. The fraction of sp³-hybridized carbons (Fsp3) is 0.304. The molecule has 1 aliphatic rings. The molecule has 0 amide bonds. The largest absolute Gasteiger partial charge is 0.539 e. The molecule has 8 nitrogen and oxygen atoms in total. The average Bonchev–Trinajstić information content (AvgIpc) is 3.33. The van der Waals surface area contributed by atoms with Gasteiger partial charge in [-0.3, -0.25) is 4.79 Å². The van der Waals surface area contributed by atoms with Crippen molar-refractivity contribution in [3.05, 3.63) is 52.2 Å². The van der Waals surface area contributed by atoms with Crippen LogP contribution in [0, 0.1) is 0 Å². The summed E-state index contributed by atoms with van der Waals surface area (Å²) in [6.45, 7) is 0. The number of fused-ring (bicyclic) bond motifs is 2. The van der Waals surface area contributed by atoms with Crippen molar-refractivity contribution in [2.75, 3.05) is 12.8 Å². The molecule has 0 fully saturated rings. The van der Waals surface area contributed by atoms with Gasteiger partial charge >= 0.3 is 5.69 Å². The van der Waals surface area contributed by atoms with E-state index in [9.17, 15) is 9.90 Å². The number of carbonyl (C=O) groups excluding carboxylic acids is 1. The Bertz CT molecular complexity index is 1310. The first kappa shape index (κ1) is 20.4. The number of hydrogen-bond donors (Lipinski definition) is 1. The number of aryl methyl sites for hydroxylation is 2. The van der Waals surface area contributed by atoms with E-state index in [-0.39, 0.29) is 10.6 Å². The molecule has 164 valence electrons. The minimum atomic E-state index is -0.817. The van der Waals surface area contributed by atoms with Crippen molar-refractivity contribution in [2.45, 2.75) is 38.5 Å². The van der Waals surface area contributed by atoms with E-state index in [2.05, 4.69) is 11.3 Å². The number of nitrogens with zero attached hydrogens (tertiary/aromatic N) is 3. The molecule has 4 aromatic rings. The lowest BCUT2D eigenvalue weighted by Crippen LogP contribution is -2.39. The second-order valence-electron chi connectivity index (χ2n) is 7.85. The van der Waals surface area contributed by atoms with Gasteiger partial charge in [-0.15, -0.1) is 11.3 Å². The first-order valence-electron chi connectivity index (χ1n) is 10.6. The third-order valence-corrected chi connectivity index (χ3v) is 6.96. The Morgan fingerprint density at radius 3 is 2.69 bits per heavy atom. The zero-order chi connectivity index (χ0) is 22.2. The normalized spacial score (nSPS) is 14.0. The Morgan fingerprint density at radius 2 is 1.94 bits per heavy atom. The number of methoxy groups -OCH3 is 1. The Labute approximate surface area is 188 Å². The van der Waals surface area contributed by atoms with Crippen LogP contribution in [0.5, 0.6) is 11.7 Å². The van der Waals surface area contributed by atoms with Gasteiger partial charge in [-0.1, -0.05) is 12.8 Å². The van der Waals surface area contributed by atoms with Gasteiger partial charge in [-0.25, -0.2) is 4.98 Å². The summed E-state index contributed by atoms with van der Waals surface area (Å²) in [7, 11) is 1.56. The van der Waals surface area contributed by atoms with E-state index in [1.165, 1.54) is 34.4 Å². The molecular formula is C23H22N4O4S. The highest BCUT2D eigenvalue weighted by molar-refractivity contribution is 7.21. The molecule has 1 aliphatic carbocycles.